The monoisotopic (exact) mass is 467 g/mol. The van der Waals surface area contributed by atoms with Crippen molar-refractivity contribution in [2.24, 2.45) is 0 Å². The summed E-state index contributed by atoms with van der Waals surface area (Å²) in [4.78, 5) is 25.8. The van der Waals surface area contributed by atoms with Gasteiger partial charge in [0.15, 0.2) is 5.69 Å². The van der Waals surface area contributed by atoms with Crippen LogP contribution in [0.15, 0.2) is 41.1 Å². The molecule has 0 spiro atoms. The number of aromatic nitrogens is 5. The van der Waals surface area contributed by atoms with Crippen molar-refractivity contribution in [1.82, 2.24) is 29.8 Å². The number of carbonyl (C=O) groups excluding carboxylic acids is 1. The highest BCUT2D eigenvalue weighted by Gasteiger charge is 2.24. The summed E-state index contributed by atoms with van der Waals surface area (Å²) in [5.41, 5.74) is 2.90. The van der Waals surface area contributed by atoms with E-state index in [0.717, 1.165) is 11.2 Å². The van der Waals surface area contributed by atoms with Crippen molar-refractivity contribution in [1.29, 1.82) is 0 Å². The molecular formula is C22H22ClN7O3. The van der Waals surface area contributed by atoms with E-state index in [1.807, 2.05) is 35.2 Å². The maximum Gasteiger partial charge on any atom is 0.244 e. The van der Waals surface area contributed by atoms with E-state index in [2.05, 4.69) is 25.1 Å². The lowest BCUT2D eigenvalue weighted by Gasteiger charge is -2.36. The molecule has 1 aromatic carbocycles. The predicted molar refractivity (Wildman–Crippen MR) is 122 cm³/mol. The fourth-order valence-electron chi connectivity index (χ4n) is 3.96. The van der Waals surface area contributed by atoms with Crippen LogP contribution < -0.4 is 9.64 Å². The van der Waals surface area contributed by atoms with Crippen LogP contribution in [0.2, 0.25) is 5.02 Å². The SMILES string of the molecule is COc1cc(N2CCN(C(=O)Cn3nc(-c4noc(C)n4)c4ncccc43)CC2)ccc1Cl. The molecule has 4 aromatic rings. The molecule has 0 bridgehead atoms. The van der Waals surface area contributed by atoms with Gasteiger partial charge in [-0.15, -0.1) is 0 Å². The van der Waals surface area contributed by atoms with E-state index in [9.17, 15) is 4.79 Å². The summed E-state index contributed by atoms with van der Waals surface area (Å²) in [7, 11) is 1.60. The number of methoxy groups -OCH3 is 1. The van der Waals surface area contributed by atoms with Gasteiger partial charge in [-0.25, -0.2) is 0 Å². The first-order chi connectivity index (χ1) is 16.0. The number of aryl methyl sites for hydroxylation is 1. The zero-order valence-corrected chi connectivity index (χ0v) is 19.0. The fraction of sp³-hybridized carbons (Fsp3) is 0.318. The molecule has 1 saturated heterocycles. The first kappa shape index (κ1) is 21.2. The normalized spacial score (nSPS) is 14.2. The van der Waals surface area contributed by atoms with Crippen LogP contribution in [0.4, 0.5) is 5.69 Å². The highest BCUT2D eigenvalue weighted by molar-refractivity contribution is 6.32. The number of hydrogen-bond donors (Lipinski definition) is 0. The molecule has 1 fully saturated rings. The Labute approximate surface area is 194 Å². The van der Waals surface area contributed by atoms with Crippen molar-refractivity contribution in [3.63, 3.8) is 0 Å². The maximum absolute atomic E-state index is 13.1. The Balaban J connectivity index is 1.30. The molecule has 0 saturated carbocycles. The zero-order valence-electron chi connectivity index (χ0n) is 18.2. The van der Waals surface area contributed by atoms with Gasteiger partial charge in [0.2, 0.25) is 17.6 Å². The molecule has 0 unspecified atom stereocenters. The van der Waals surface area contributed by atoms with E-state index in [0.29, 0.717) is 59.9 Å². The van der Waals surface area contributed by atoms with Gasteiger partial charge in [0.1, 0.15) is 17.8 Å². The highest BCUT2D eigenvalue weighted by Crippen LogP contribution is 2.30. The zero-order chi connectivity index (χ0) is 22.9. The summed E-state index contributed by atoms with van der Waals surface area (Å²) in [5, 5.41) is 9.11. The molecule has 11 heteroatoms. The van der Waals surface area contributed by atoms with E-state index in [-0.39, 0.29) is 12.5 Å². The van der Waals surface area contributed by atoms with Crippen LogP contribution in [0.25, 0.3) is 22.6 Å². The van der Waals surface area contributed by atoms with Gasteiger partial charge in [-0.3, -0.25) is 14.5 Å². The molecule has 10 nitrogen and oxygen atoms in total. The Bertz CT molecular complexity index is 1310. The molecule has 33 heavy (non-hydrogen) atoms. The minimum absolute atomic E-state index is 0.00701. The molecule has 5 rings (SSSR count). The Hall–Kier alpha value is -3.66. The summed E-state index contributed by atoms with van der Waals surface area (Å²) in [6.07, 6.45) is 1.68. The Morgan fingerprint density at radius 2 is 2.03 bits per heavy atom. The van der Waals surface area contributed by atoms with Gasteiger partial charge in [-0.2, -0.15) is 10.1 Å². The van der Waals surface area contributed by atoms with Crippen LogP contribution >= 0.6 is 11.6 Å². The summed E-state index contributed by atoms with van der Waals surface area (Å²) in [6, 6.07) is 9.41. The third-order valence-corrected chi connectivity index (χ3v) is 5.98. The second-order valence-electron chi connectivity index (χ2n) is 7.70. The number of fused-ring (bicyclic) bond motifs is 1. The molecule has 3 aromatic heterocycles. The molecule has 4 heterocycles. The van der Waals surface area contributed by atoms with Gasteiger partial charge in [0.25, 0.3) is 0 Å². The highest BCUT2D eigenvalue weighted by atomic mass is 35.5. The molecule has 1 aliphatic rings. The number of carbonyl (C=O) groups is 1. The number of anilines is 1. The number of hydrogen-bond acceptors (Lipinski definition) is 8. The van der Waals surface area contributed by atoms with E-state index in [1.165, 1.54) is 0 Å². The Morgan fingerprint density at radius 1 is 1.21 bits per heavy atom. The summed E-state index contributed by atoms with van der Waals surface area (Å²) in [5.74, 6) is 1.43. The van der Waals surface area contributed by atoms with Crippen molar-refractivity contribution < 1.29 is 14.1 Å². The fourth-order valence-corrected chi connectivity index (χ4v) is 4.16. The molecule has 1 amide bonds. The lowest BCUT2D eigenvalue weighted by atomic mass is 10.2. The van der Waals surface area contributed by atoms with E-state index in [4.69, 9.17) is 20.9 Å². The van der Waals surface area contributed by atoms with Crippen LogP contribution in [0.3, 0.4) is 0 Å². The molecule has 170 valence electrons. The number of rotatable bonds is 5. The standard InChI is InChI=1S/C22H22ClN7O3/c1-14-25-22(27-33-14)21-20-17(4-3-7-24-20)30(26-21)13-19(31)29-10-8-28(9-11-29)15-5-6-16(23)18(12-15)32-2/h3-7,12H,8-11,13H2,1-2H3. The average Bonchev–Trinajstić information content (AvgIpc) is 3.43. The Morgan fingerprint density at radius 3 is 2.76 bits per heavy atom. The number of ether oxygens (including phenoxy) is 1. The summed E-state index contributed by atoms with van der Waals surface area (Å²) >= 11 is 6.14. The second kappa shape index (κ2) is 8.70. The van der Waals surface area contributed by atoms with Gasteiger partial charge in [0, 0.05) is 51.1 Å². The third-order valence-electron chi connectivity index (χ3n) is 5.67. The quantitative estimate of drug-likeness (QED) is 0.441. The van der Waals surface area contributed by atoms with Crippen molar-refractivity contribution in [3.8, 4) is 17.3 Å². The number of amides is 1. The average molecular weight is 468 g/mol. The topological polar surface area (TPSA) is 102 Å². The van der Waals surface area contributed by atoms with E-state index in [1.54, 1.807) is 24.9 Å². The lowest BCUT2D eigenvalue weighted by Crippen LogP contribution is -2.49. The van der Waals surface area contributed by atoms with Crippen LogP contribution in [-0.2, 0) is 11.3 Å². The molecule has 0 aliphatic carbocycles. The number of halogens is 1. The summed E-state index contributed by atoms with van der Waals surface area (Å²) in [6.45, 7) is 4.47. The van der Waals surface area contributed by atoms with Crippen LogP contribution in [-0.4, -0.2) is 69.0 Å². The predicted octanol–water partition coefficient (Wildman–Crippen LogP) is 2.80. The second-order valence-corrected chi connectivity index (χ2v) is 8.11. The largest absolute Gasteiger partial charge is 0.495 e. The molecule has 1 aliphatic heterocycles. The first-order valence-electron chi connectivity index (χ1n) is 10.5. The van der Waals surface area contributed by atoms with Crippen molar-refractivity contribution >= 4 is 34.2 Å². The minimum Gasteiger partial charge on any atom is -0.495 e. The summed E-state index contributed by atoms with van der Waals surface area (Å²) < 4.78 is 12.1. The number of pyridine rings is 1. The van der Waals surface area contributed by atoms with Gasteiger partial charge >= 0.3 is 0 Å². The first-order valence-corrected chi connectivity index (χ1v) is 10.9. The molecular weight excluding hydrogens is 446 g/mol. The molecule has 0 radical (unpaired) electrons. The lowest BCUT2D eigenvalue weighted by molar-refractivity contribution is -0.132. The van der Waals surface area contributed by atoms with Gasteiger partial charge in [-0.1, -0.05) is 16.8 Å². The van der Waals surface area contributed by atoms with Crippen molar-refractivity contribution in [2.45, 2.75) is 13.5 Å². The number of benzene rings is 1. The van der Waals surface area contributed by atoms with Gasteiger partial charge in [0.05, 0.1) is 17.6 Å². The molecule has 0 N–H and O–H groups in total. The van der Waals surface area contributed by atoms with E-state index < -0.39 is 0 Å². The smallest absolute Gasteiger partial charge is 0.244 e. The number of nitrogens with zero attached hydrogens (tertiary/aromatic N) is 7. The van der Waals surface area contributed by atoms with Gasteiger partial charge in [-0.05, 0) is 24.3 Å². The van der Waals surface area contributed by atoms with E-state index >= 15 is 0 Å². The van der Waals surface area contributed by atoms with Crippen molar-refractivity contribution in [3.05, 3.63) is 47.4 Å². The Kier molecular flexibility index (Phi) is 5.59. The van der Waals surface area contributed by atoms with Crippen molar-refractivity contribution in [2.75, 3.05) is 38.2 Å². The van der Waals surface area contributed by atoms with Gasteiger partial charge < -0.3 is 19.1 Å². The number of piperazine rings is 1. The third kappa shape index (κ3) is 4.09. The maximum atomic E-state index is 13.1. The van der Waals surface area contributed by atoms with Crippen LogP contribution in [0.1, 0.15) is 5.89 Å². The van der Waals surface area contributed by atoms with Crippen LogP contribution in [0, 0.1) is 6.92 Å². The molecule has 0 atom stereocenters. The minimum atomic E-state index is -0.00701. The van der Waals surface area contributed by atoms with Crippen LogP contribution in [0.5, 0.6) is 5.75 Å².